The number of carbonyl (C=O) groups excluding carboxylic acids is 2. The summed E-state index contributed by atoms with van der Waals surface area (Å²) in [7, 11) is -3.67. The lowest BCUT2D eigenvalue weighted by atomic mass is 10.7. The van der Waals surface area contributed by atoms with E-state index in [2.05, 4.69) is 4.74 Å². The van der Waals surface area contributed by atoms with E-state index < -0.39 is 22.1 Å². The van der Waals surface area contributed by atoms with Crippen LogP contribution < -0.4 is 0 Å². The van der Waals surface area contributed by atoms with Gasteiger partial charge in [0.1, 0.15) is 0 Å². The Labute approximate surface area is 70.3 Å². The fourth-order valence-electron chi connectivity index (χ4n) is 0.202. The minimum absolute atomic E-state index is 0.562. The van der Waals surface area contributed by atoms with Crippen LogP contribution in [0.1, 0.15) is 13.8 Å². The van der Waals surface area contributed by atoms with Crippen LogP contribution in [0.3, 0.4) is 0 Å². The first kappa shape index (κ1) is 13.6. The predicted molar refractivity (Wildman–Crippen MR) is 39.9 cm³/mol. The Morgan fingerprint density at radius 2 is 1.33 bits per heavy atom. The van der Waals surface area contributed by atoms with E-state index >= 15 is 0 Å². The third-order valence-electron chi connectivity index (χ3n) is 0.287. The lowest BCUT2D eigenvalue weighted by Gasteiger charge is -1.87. The van der Waals surface area contributed by atoms with Gasteiger partial charge in [0, 0.05) is 13.8 Å². The molecule has 0 aliphatic rings. The van der Waals surface area contributed by atoms with Crippen LogP contribution in [0.25, 0.3) is 0 Å². The molecule has 6 nitrogen and oxygen atoms in total. The van der Waals surface area contributed by atoms with Crippen LogP contribution in [-0.2, 0) is 24.4 Å². The van der Waals surface area contributed by atoms with Crippen molar-refractivity contribution in [2.75, 3.05) is 6.26 Å². The summed E-state index contributed by atoms with van der Waals surface area (Å²) in [5, 5.41) is 0. The van der Waals surface area contributed by atoms with E-state index in [-0.39, 0.29) is 0 Å². The quantitative estimate of drug-likeness (QED) is 0.323. The van der Waals surface area contributed by atoms with Crippen LogP contribution in [0.2, 0.25) is 0 Å². The van der Waals surface area contributed by atoms with Crippen molar-refractivity contribution in [1.29, 1.82) is 0 Å². The number of hydrogen-bond acceptors (Lipinski definition) is 5. The lowest BCUT2D eigenvalue weighted by Crippen LogP contribution is -2.03. The molecule has 0 unspecified atom stereocenters. The fourth-order valence-corrected chi connectivity index (χ4v) is 0.202. The molecular formula is C5H10O6S. The molecule has 12 heavy (non-hydrogen) atoms. The maximum absolute atomic E-state index is 9.81. The first-order valence-electron chi connectivity index (χ1n) is 2.74. The predicted octanol–water partition coefficient (Wildman–Crippen LogP) is -0.400. The molecule has 0 radical (unpaired) electrons. The van der Waals surface area contributed by atoms with Gasteiger partial charge in [-0.15, -0.1) is 0 Å². The average molecular weight is 198 g/mol. The van der Waals surface area contributed by atoms with Gasteiger partial charge in [-0.05, 0) is 0 Å². The van der Waals surface area contributed by atoms with E-state index in [1.54, 1.807) is 0 Å². The highest BCUT2D eigenvalue weighted by molar-refractivity contribution is 7.85. The zero-order valence-electron chi connectivity index (χ0n) is 6.90. The highest BCUT2D eigenvalue weighted by atomic mass is 32.2. The van der Waals surface area contributed by atoms with Crippen LogP contribution in [0, 0.1) is 0 Å². The van der Waals surface area contributed by atoms with Gasteiger partial charge in [-0.3, -0.25) is 14.1 Å². The van der Waals surface area contributed by atoms with Gasteiger partial charge >= 0.3 is 11.9 Å². The smallest absolute Gasteiger partial charge is 0.310 e. The standard InChI is InChI=1S/C4H6O3.CH4O3S/c1-3(5)7-4(2)6;1-5(2,3)4/h1-2H3;1H3,(H,2,3,4). The Balaban J connectivity index is 0. The second-order valence-electron chi connectivity index (χ2n) is 1.82. The summed E-state index contributed by atoms with van der Waals surface area (Å²) in [6, 6.07) is 0. The third kappa shape index (κ3) is 63.0. The van der Waals surface area contributed by atoms with E-state index in [9.17, 15) is 18.0 Å². The molecule has 0 saturated carbocycles. The Kier molecular flexibility index (Phi) is 6.44. The van der Waals surface area contributed by atoms with Gasteiger partial charge in [0.05, 0.1) is 6.26 Å². The molecule has 0 fully saturated rings. The van der Waals surface area contributed by atoms with Gasteiger partial charge in [-0.1, -0.05) is 0 Å². The molecule has 72 valence electrons. The van der Waals surface area contributed by atoms with Gasteiger partial charge in [-0.25, -0.2) is 0 Å². The second-order valence-corrected chi connectivity index (χ2v) is 3.28. The van der Waals surface area contributed by atoms with Crippen molar-refractivity contribution in [2.24, 2.45) is 0 Å². The molecule has 0 spiro atoms. The molecule has 0 saturated heterocycles. The van der Waals surface area contributed by atoms with Gasteiger partial charge in [0.15, 0.2) is 0 Å². The Morgan fingerprint density at radius 3 is 1.33 bits per heavy atom. The van der Waals surface area contributed by atoms with Crippen LogP contribution in [0.15, 0.2) is 0 Å². The number of rotatable bonds is 0. The van der Waals surface area contributed by atoms with Crippen molar-refractivity contribution in [3.8, 4) is 0 Å². The minimum atomic E-state index is -3.67. The molecule has 0 aliphatic heterocycles. The summed E-state index contributed by atoms with van der Waals surface area (Å²) in [6.45, 7) is 2.36. The van der Waals surface area contributed by atoms with Crippen LogP contribution in [0.4, 0.5) is 0 Å². The number of ether oxygens (including phenoxy) is 1. The Morgan fingerprint density at radius 1 is 1.17 bits per heavy atom. The summed E-state index contributed by atoms with van der Waals surface area (Å²) < 4.78 is 29.8. The van der Waals surface area contributed by atoms with E-state index in [4.69, 9.17) is 4.55 Å². The van der Waals surface area contributed by atoms with Crippen molar-refractivity contribution in [2.45, 2.75) is 13.8 Å². The van der Waals surface area contributed by atoms with E-state index in [1.165, 1.54) is 13.8 Å². The second kappa shape index (κ2) is 5.67. The molecule has 0 atom stereocenters. The lowest BCUT2D eigenvalue weighted by molar-refractivity contribution is -0.156. The first-order chi connectivity index (χ1) is 5.13. The molecule has 0 rings (SSSR count). The van der Waals surface area contributed by atoms with Crippen molar-refractivity contribution >= 4 is 22.1 Å². The summed E-state index contributed by atoms with van der Waals surface area (Å²) in [6.07, 6.45) is 0.715. The van der Waals surface area contributed by atoms with E-state index in [1.807, 2.05) is 0 Å². The van der Waals surface area contributed by atoms with Crippen molar-refractivity contribution in [1.82, 2.24) is 0 Å². The molecule has 0 aromatic carbocycles. The zero-order valence-corrected chi connectivity index (χ0v) is 7.71. The molecule has 0 amide bonds. The summed E-state index contributed by atoms with van der Waals surface area (Å²) in [5.41, 5.74) is 0. The normalized spacial score (nSPS) is 9.33. The van der Waals surface area contributed by atoms with E-state index in [0.717, 1.165) is 0 Å². The summed E-state index contributed by atoms with van der Waals surface area (Å²) >= 11 is 0. The van der Waals surface area contributed by atoms with E-state index in [0.29, 0.717) is 6.26 Å². The number of carbonyl (C=O) groups is 2. The molecule has 0 aromatic heterocycles. The average Bonchev–Trinajstić information content (AvgIpc) is 1.52. The molecule has 0 aliphatic carbocycles. The molecule has 7 heteroatoms. The summed E-state index contributed by atoms with van der Waals surface area (Å²) in [4.78, 5) is 19.6. The van der Waals surface area contributed by atoms with Gasteiger partial charge in [0.2, 0.25) is 0 Å². The number of esters is 2. The largest absolute Gasteiger partial charge is 0.394 e. The molecule has 0 heterocycles. The molecule has 1 N–H and O–H groups in total. The van der Waals surface area contributed by atoms with Crippen molar-refractivity contribution in [3.63, 3.8) is 0 Å². The molecule has 0 aromatic rings. The van der Waals surface area contributed by atoms with Gasteiger partial charge < -0.3 is 4.74 Å². The number of hydrogen-bond donors (Lipinski definition) is 1. The van der Waals surface area contributed by atoms with Crippen LogP contribution in [0.5, 0.6) is 0 Å². The topological polar surface area (TPSA) is 97.7 Å². The third-order valence-corrected chi connectivity index (χ3v) is 0.287. The maximum atomic E-state index is 9.81. The van der Waals surface area contributed by atoms with Crippen LogP contribution >= 0.6 is 0 Å². The van der Waals surface area contributed by atoms with Crippen molar-refractivity contribution in [3.05, 3.63) is 0 Å². The molecule has 0 bridgehead atoms. The molecular weight excluding hydrogens is 188 g/mol. The Hall–Kier alpha value is -0.950. The SMILES string of the molecule is CC(=O)OC(C)=O.CS(=O)(=O)O. The Bertz CT molecular complexity index is 231. The zero-order chi connectivity index (χ0) is 10.4. The van der Waals surface area contributed by atoms with Gasteiger partial charge in [0.25, 0.3) is 10.1 Å². The maximum Gasteiger partial charge on any atom is 0.310 e. The highest BCUT2D eigenvalue weighted by Gasteiger charge is 1.93. The monoisotopic (exact) mass is 198 g/mol. The first-order valence-corrected chi connectivity index (χ1v) is 4.59. The minimum Gasteiger partial charge on any atom is -0.394 e. The highest BCUT2D eigenvalue weighted by Crippen LogP contribution is 1.73. The van der Waals surface area contributed by atoms with Gasteiger partial charge in [-0.2, -0.15) is 8.42 Å². The van der Waals surface area contributed by atoms with Crippen LogP contribution in [-0.4, -0.2) is 31.2 Å². The van der Waals surface area contributed by atoms with Crippen molar-refractivity contribution < 1.29 is 27.3 Å². The fraction of sp³-hybridized carbons (Fsp3) is 0.600. The summed E-state index contributed by atoms with van der Waals surface area (Å²) in [5.74, 6) is -1.12.